The van der Waals surface area contributed by atoms with E-state index in [0.717, 1.165) is 11.4 Å². The van der Waals surface area contributed by atoms with Crippen LogP contribution in [0.15, 0.2) is 48.5 Å². The first kappa shape index (κ1) is 18.7. The predicted molar refractivity (Wildman–Crippen MR) is 104 cm³/mol. The van der Waals surface area contributed by atoms with E-state index in [-0.39, 0.29) is 11.9 Å². The van der Waals surface area contributed by atoms with Crippen LogP contribution in [-0.2, 0) is 0 Å². The van der Waals surface area contributed by atoms with E-state index in [0.29, 0.717) is 27.8 Å². The molecule has 1 amide bonds. The summed E-state index contributed by atoms with van der Waals surface area (Å²) in [6, 6.07) is 14.0. The van der Waals surface area contributed by atoms with Gasteiger partial charge >= 0.3 is 6.01 Å². The first-order chi connectivity index (χ1) is 12.9. The highest BCUT2D eigenvalue weighted by Gasteiger charge is 2.14. The van der Waals surface area contributed by atoms with Crippen molar-refractivity contribution in [2.24, 2.45) is 0 Å². The summed E-state index contributed by atoms with van der Waals surface area (Å²) in [6.07, 6.45) is 0. The van der Waals surface area contributed by atoms with Crippen molar-refractivity contribution in [2.45, 2.75) is 13.8 Å². The van der Waals surface area contributed by atoms with Gasteiger partial charge in [0.05, 0.1) is 12.7 Å². The topological polar surface area (TPSA) is 73.3 Å². The standard InChI is InChI=1S/C20H18ClN3O3/c1-12-9-13(2)23-20(22-12)27-16-6-4-5-15(11-16)24-19(25)17-10-14(21)7-8-18(17)26-3/h4-11H,1-3H3,(H,24,25). The summed E-state index contributed by atoms with van der Waals surface area (Å²) in [5.74, 6) is 0.609. The van der Waals surface area contributed by atoms with E-state index in [2.05, 4.69) is 15.3 Å². The molecule has 7 heteroatoms. The Kier molecular flexibility index (Phi) is 5.57. The van der Waals surface area contributed by atoms with Crippen molar-refractivity contribution >= 4 is 23.2 Å². The molecule has 0 unspecified atom stereocenters. The minimum absolute atomic E-state index is 0.257. The Bertz CT molecular complexity index is 972. The molecule has 138 valence electrons. The summed E-state index contributed by atoms with van der Waals surface area (Å²) < 4.78 is 10.9. The quantitative estimate of drug-likeness (QED) is 0.685. The van der Waals surface area contributed by atoms with Crippen LogP contribution in [0.5, 0.6) is 17.5 Å². The lowest BCUT2D eigenvalue weighted by molar-refractivity contribution is 0.102. The third-order valence-corrected chi connectivity index (χ3v) is 3.90. The first-order valence-corrected chi connectivity index (χ1v) is 8.57. The molecule has 2 aromatic carbocycles. The maximum Gasteiger partial charge on any atom is 0.322 e. The van der Waals surface area contributed by atoms with E-state index in [1.165, 1.54) is 7.11 Å². The average Bonchev–Trinajstić information content (AvgIpc) is 2.61. The molecule has 0 aliphatic heterocycles. The maximum atomic E-state index is 12.6. The minimum Gasteiger partial charge on any atom is -0.496 e. The highest BCUT2D eigenvalue weighted by Crippen LogP contribution is 2.26. The van der Waals surface area contributed by atoms with Gasteiger partial charge in [0.15, 0.2) is 0 Å². The lowest BCUT2D eigenvalue weighted by atomic mass is 10.2. The van der Waals surface area contributed by atoms with Gasteiger partial charge in [-0.25, -0.2) is 9.97 Å². The number of aryl methyl sites for hydroxylation is 2. The number of aromatic nitrogens is 2. The predicted octanol–water partition coefficient (Wildman–Crippen LogP) is 4.80. The Morgan fingerprint density at radius 2 is 1.78 bits per heavy atom. The number of nitrogens with one attached hydrogen (secondary N) is 1. The van der Waals surface area contributed by atoms with Crippen LogP contribution >= 0.6 is 11.6 Å². The van der Waals surface area contributed by atoms with Crippen molar-refractivity contribution in [3.63, 3.8) is 0 Å². The molecule has 0 bridgehead atoms. The lowest BCUT2D eigenvalue weighted by Gasteiger charge is -2.11. The zero-order valence-electron chi connectivity index (χ0n) is 15.1. The summed E-state index contributed by atoms with van der Waals surface area (Å²) in [7, 11) is 1.50. The second kappa shape index (κ2) is 8.05. The molecule has 1 N–H and O–H groups in total. The van der Waals surface area contributed by atoms with Gasteiger partial charge in [-0.05, 0) is 50.2 Å². The molecule has 0 aliphatic carbocycles. The molecular weight excluding hydrogens is 366 g/mol. The number of ether oxygens (including phenoxy) is 2. The number of halogens is 1. The zero-order chi connectivity index (χ0) is 19.4. The molecule has 0 radical (unpaired) electrons. The molecule has 0 atom stereocenters. The van der Waals surface area contributed by atoms with Gasteiger partial charge in [-0.1, -0.05) is 17.7 Å². The van der Waals surface area contributed by atoms with E-state index >= 15 is 0 Å². The Hall–Kier alpha value is -3.12. The van der Waals surface area contributed by atoms with Crippen molar-refractivity contribution in [3.05, 3.63) is 70.5 Å². The Morgan fingerprint density at radius 1 is 1.04 bits per heavy atom. The van der Waals surface area contributed by atoms with E-state index in [4.69, 9.17) is 21.1 Å². The van der Waals surface area contributed by atoms with E-state index in [1.54, 1.807) is 42.5 Å². The van der Waals surface area contributed by atoms with Crippen LogP contribution in [-0.4, -0.2) is 23.0 Å². The molecule has 0 aliphatic rings. The molecule has 0 saturated carbocycles. The minimum atomic E-state index is -0.339. The fourth-order valence-corrected chi connectivity index (χ4v) is 2.71. The monoisotopic (exact) mass is 383 g/mol. The molecule has 3 rings (SSSR count). The largest absolute Gasteiger partial charge is 0.496 e. The van der Waals surface area contributed by atoms with Crippen LogP contribution in [0.2, 0.25) is 5.02 Å². The smallest absolute Gasteiger partial charge is 0.322 e. The van der Waals surface area contributed by atoms with Gasteiger partial charge in [0.25, 0.3) is 5.91 Å². The van der Waals surface area contributed by atoms with Crippen molar-refractivity contribution in [2.75, 3.05) is 12.4 Å². The number of hydrogen-bond donors (Lipinski definition) is 1. The molecule has 3 aromatic rings. The van der Waals surface area contributed by atoms with Crippen molar-refractivity contribution in [3.8, 4) is 17.5 Å². The maximum absolute atomic E-state index is 12.6. The summed E-state index contributed by atoms with van der Waals surface area (Å²) in [4.78, 5) is 21.1. The van der Waals surface area contributed by atoms with Gasteiger partial charge in [0.2, 0.25) is 0 Å². The number of anilines is 1. The molecule has 0 spiro atoms. The molecule has 6 nitrogen and oxygen atoms in total. The number of benzene rings is 2. The second-order valence-corrected chi connectivity index (χ2v) is 6.30. The van der Waals surface area contributed by atoms with E-state index in [9.17, 15) is 4.79 Å². The Balaban J connectivity index is 1.80. The van der Waals surface area contributed by atoms with E-state index < -0.39 is 0 Å². The van der Waals surface area contributed by atoms with Crippen molar-refractivity contribution in [1.29, 1.82) is 0 Å². The van der Waals surface area contributed by atoms with Crippen LogP contribution in [0, 0.1) is 13.8 Å². The van der Waals surface area contributed by atoms with Crippen LogP contribution in [0.25, 0.3) is 0 Å². The molecule has 1 aromatic heterocycles. The number of amides is 1. The summed E-state index contributed by atoms with van der Waals surface area (Å²) in [6.45, 7) is 3.74. The highest BCUT2D eigenvalue weighted by atomic mass is 35.5. The summed E-state index contributed by atoms with van der Waals surface area (Å²) in [5.41, 5.74) is 2.53. The zero-order valence-corrected chi connectivity index (χ0v) is 15.9. The van der Waals surface area contributed by atoms with Gasteiger partial charge in [0, 0.05) is 28.2 Å². The molecule has 0 saturated heterocycles. The fraction of sp³-hybridized carbons (Fsp3) is 0.150. The second-order valence-electron chi connectivity index (χ2n) is 5.86. The first-order valence-electron chi connectivity index (χ1n) is 8.19. The van der Waals surface area contributed by atoms with Crippen molar-refractivity contribution < 1.29 is 14.3 Å². The molecule has 1 heterocycles. The molecule has 27 heavy (non-hydrogen) atoms. The number of rotatable bonds is 5. The number of carbonyl (C=O) groups is 1. The number of carbonyl (C=O) groups excluding carboxylic acids is 1. The van der Waals surface area contributed by atoms with Gasteiger partial charge < -0.3 is 14.8 Å². The lowest BCUT2D eigenvalue weighted by Crippen LogP contribution is -2.13. The average molecular weight is 384 g/mol. The van der Waals surface area contributed by atoms with Crippen LogP contribution in [0.3, 0.4) is 0 Å². The van der Waals surface area contributed by atoms with Gasteiger partial charge in [-0.15, -0.1) is 0 Å². The summed E-state index contributed by atoms with van der Waals surface area (Å²) >= 11 is 5.99. The third kappa shape index (κ3) is 4.74. The Morgan fingerprint density at radius 3 is 2.48 bits per heavy atom. The van der Waals surface area contributed by atoms with Crippen LogP contribution in [0.4, 0.5) is 5.69 Å². The fourth-order valence-electron chi connectivity index (χ4n) is 2.54. The summed E-state index contributed by atoms with van der Waals surface area (Å²) in [5, 5.41) is 3.26. The van der Waals surface area contributed by atoms with Crippen LogP contribution in [0.1, 0.15) is 21.7 Å². The number of nitrogens with zero attached hydrogens (tertiary/aromatic N) is 2. The highest BCUT2D eigenvalue weighted by molar-refractivity contribution is 6.31. The molecular formula is C20H18ClN3O3. The molecule has 0 fully saturated rings. The van der Waals surface area contributed by atoms with Crippen LogP contribution < -0.4 is 14.8 Å². The van der Waals surface area contributed by atoms with Gasteiger partial charge in [-0.2, -0.15) is 0 Å². The van der Waals surface area contributed by atoms with Gasteiger partial charge in [-0.3, -0.25) is 4.79 Å². The van der Waals surface area contributed by atoms with E-state index in [1.807, 2.05) is 19.9 Å². The number of hydrogen-bond acceptors (Lipinski definition) is 5. The SMILES string of the molecule is COc1ccc(Cl)cc1C(=O)Nc1cccc(Oc2nc(C)cc(C)n2)c1. The van der Waals surface area contributed by atoms with Crippen molar-refractivity contribution in [1.82, 2.24) is 9.97 Å². The number of methoxy groups -OCH3 is 1. The Labute approximate surface area is 162 Å². The normalized spacial score (nSPS) is 10.4. The van der Waals surface area contributed by atoms with Gasteiger partial charge in [0.1, 0.15) is 11.5 Å². The third-order valence-electron chi connectivity index (χ3n) is 3.67.